The van der Waals surface area contributed by atoms with Gasteiger partial charge in [-0.3, -0.25) is 9.59 Å². The number of benzene rings is 2. The van der Waals surface area contributed by atoms with Gasteiger partial charge in [0.25, 0.3) is 11.8 Å². The first-order valence-corrected chi connectivity index (χ1v) is 9.48. The second kappa shape index (κ2) is 8.28. The molecule has 1 amide bonds. The first-order valence-electron chi connectivity index (χ1n) is 9.48. The van der Waals surface area contributed by atoms with Gasteiger partial charge in [0.15, 0.2) is 5.76 Å². The van der Waals surface area contributed by atoms with Gasteiger partial charge in [0, 0.05) is 23.2 Å². The van der Waals surface area contributed by atoms with E-state index in [0.29, 0.717) is 22.2 Å². The quantitative estimate of drug-likeness (QED) is 0.370. The van der Waals surface area contributed by atoms with E-state index in [1.54, 1.807) is 42.5 Å². The minimum absolute atomic E-state index is 0.0405. The van der Waals surface area contributed by atoms with Crippen molar-refractivity contribution in [1.29, 1.82) is 0 Å². The molecule has 0 saturated carbocycles. The summed E-state index contributed by atoms with van der Waals surface area (Å²) in [5.74, 6) is -0.548. The highest BCUT2D eigenvalue weighted by atomic mass is 16.3. The fourth-order valence-corrected chi connectivity index (χ4v) is 3.05. The molecule has 2 aromatic carbocycles. The molecule has 2 heterocycles. The molecule has 0 atom stereocenters. The molecule has 0 fully saturated rings. The summed E-state index contributed by atoms with van der Waals surface area (Å²) in [5.41, 5.74) is 8.43. The Hall–Kier alpha value is -4.18. The van der Waals surface area contributed by atoms with E-state index in [0.717, 1.165) is 10.2 Å². The number of nitrogens with two attached hydrogens (primary N) is 1. The Morgan fingerprint density at radius 1 is 1.19 bits per heavy atom. The Morgan fingerprint density at radius 2 is 2.03 bits per heavy atom. The average molecular weight is 420 g/mol. The van der Waals surface area contributed by atoms with E-state index in [-0.39, 0.29) is 36.7 Å². The van der Waals surface area contributed by atoms with Gasteiger partial charge in [-0.15, -0.1) is 5.10 Å². The fourth-order valence-electron chi connectivity index (χ4n) is 3.05. The average Bonchev–Trinajstić information content (AvgIpc) is 3.34. The molecule has 0 aliphatic carbocycles. The van der Waals surface area contributed by atoms with Gasteiger partial charge in [-0.25, -0.2) is 0 Å². The van der Waals surface area contributed by atoms with Gasteiger partial charge < -0.3 is 25.9 Å². The number of furan rings is 1. The number of nitrogens with one attached hydrogen (secondary N) is 2. The summed E-state index contributed by atoms with van der Waals surface area (Å²) >= 11 is 0. The molecule has 0 saturated heterocycles. The number of aryl methyl sites for hydroxylation is 1. The number of nitrogen functional groups attached to an aromatic ring is 1. The molecular formula is C21H20N6O4. The molecule has 5 N–H and O–H groups in total. The van der Waals surface area contributed by atoms with Crippen LogP contribution in [-0.2, 0) is 0 Å². The molecule has 0 bridgehead atoms. The largest absolute Gasteiger partial charge is 0.451 e. The number of aliphatic hydroxyl groups excluding tert-OH is 1. The lowest BCUT2D eigenvalue weighted by molar-refractivity contribution is 0.0917. The van der Waals surface area contributed by atoms with Gasteiger partial charge in [0.2, 0.25) is 11.9 Å². The van der Waals surface area contributed by atoms with Crippen molar-refractivity contribution in [2.45, 2.75) is 6.92 Å². The molecule has 2 aromatic heterocycles. The van der Waals surface area contributed by atoms with Gasteiger partial charge in [-0.1, -0.05) is 17.7 Å². The lowest BCUT2D eigenvalue weighted by atomic mass is 10.1. The number of carbonyl (C=O) groups is 2. The zero-order chi connectivity index (χ0) is 22.0. The number of rotatable bonds is 6. The topological polar surface area (TPSA) is 148 Å². The number of aliphatic hydroxyl groups is 1. The highest BCUT2D eigenvalue weighted by Crippen LogP contribution is 2.25. The molecule has 0 spiro atoms. The zero-order valence-corrected chi connectivity index (χ0v) is 16.6. The Labute approximate surface area is 176 Å². The zero-order valence-electron chi connectivity index (χ0n) is 16.6. The van der Waals surface area contributed by atoms with E-state index in [2.05, 4.69) is 20.7 Å². The molecule has 31 heavy (non-hydrogen) atoms. The summed E-state index contributed by atoms with van der Waals surface area (Å²) in [6.07, 6.45) is 0. The molecular weight excluding hydrogens is 400 g/mol. The van der Waals surface area contributed by atoms with Crippen LogP contribution in [0.2, 0.25) is 0 Å². The molecule has 158 valence electrons. The van der Waals surface area contributed by atoms with E-state index < -0.39 is 5.91 Å². The predicted octanol–water partition coefficient (Wildman–Crippen LogP) is 2.07. The normalized spacial score (nSPS) is 10.9. The molecule has 4 aromatic rings. The maximum Gasteiger partial charge on any atom is 0.287 e. The van der Waals surface area contributed by atoms with E-state index in [1.807, 2.05) is 13.0 Å². The van der Waals surface area contributed by atoms with Crippen molar-refractivity contribution in [3.8, 4) is 0 Å². The predicted molar refractivity (Wildman–Crippen MR) is 114 cm³/mol. The monoisotopic (exact) mass is 420 g/mol. The Kier molecular flexibility index (Phi) is 5.37. The van der Waals surface area contributed by atoms with Crippen molar-refractivity contribution in [3.63, 3.8) is 0 Å². The highest BCUT2D eigenvalue weighted by Gasteiger charge is 2.17. The smallest absolute Gasteiger partial charge is 0.287 e. The van der Waals surface area contributed by atoms with Crippen LogP contribution in [-0.4, -0.2) is 44.8 Å². The lowest BCUT2D eigenvalue weighted by Crippen LogP contribution is -2.25. The van der Waals surface area contributed by atoms with Gasteiger partial charge in [-0.05, 0) is 43.3 Å². The number of aromatic nitrogens is 3. The van der Waals surface area contributed by atoms with Crippen LogP contribution in [0.4, 0.5) is 17.6 Å². The van der Waals surface area contributed by atoms with Crippen LogP contribution in [0.15, 0.2) is 52.9 Å². The molecule has 0 aliphatic rings. The van der Waals surface area contributed by atoms with Crippen LogP contribution >= 0.6 is 0 Å². The van der Waals surface area contributed by atoms with Gasteiger partial charge >= 0.3 is 0 Å². The third kappa shape index (κ3) is 4.23. The summed E-state index contributed by atoms with van der Waals surface area (Å²) in [6.45, 7) is 1.87. The molecule has 10 heteroatoms. The van der Waals surface area contributed by atoms with Crippen LogP contribution in [0.3, 0.4) is 0 Å². The minimum atomic E-state index is -0.414. The standard InChI is InChI=1S/C21H20N6O4/c1-12-3-2-4-13(9-12)19(30)27-20(22)25-21(26-27)24-15-5-6-16-14(10-15)11-17(31-16)18(29)23-7-8-28/h2-6,9-11,28H,7-8H2,1H3,(H,23,29)(H3,22,24,25,26). The SMILES string of the molecule is Cc1cccc(C(=O)n2nc(Nc3ccc4oc(C(=O)NCCO)cc4c3)nc2N)c1. The summed E-state index contributed by atoms with van der Waals surface area (Å²) < 4.78 is 6.56. The van der Waals surface area contributed by atoms with Crippen molar-refractivity contribution in [1.82, 2.24) is 20.1 Å². The summed E-state index contributed by atoms with van der Waals surface area (Å²) in [7, 11) is 0. The lowest BCUT2D eigenvalue weighted by Gasteiger charge is -2.03. The number of nitrogens with zero attached hydrogens (tertiary/aromatic N) is 3. The van der Waals surface area contributed by atoms with Gasteiger partial charge in [0.05, 0.1) is 6.61 Å². The summed E-state index contributed by atoms with van der Waals surface area (Å²) in [6, 6.07) is 13.9. The highest BCUT2D eigenvalue weighted by molar-refractivity contribution is 5.97. The Balaban J connectivity index is 1.54. The van der Waals surface area contributed by atoms with Crippen molar-refractivity contribution in [2.24, 2.45) is 0 Å². The number of anilines is 3. The van der Waals surface area contributed by atoms with E-state index in [1.165, 1.54) is 0 Å². The number of fused-ring (bicyclic) bond motifs is 1. The first-order chi connectivity index (χ1) is 14.9. The fraction of sp³-hybridized carbons (Fsp3) is 0.143. The van der Waals surface area contributed by atoms with Crippen molar-refractivity contribution in [2.75, 3.05) is 24.2 Å². The van der Waals surface area contributed by atoms with E-state index in [9.17, 15) is 9.59 Å². The molecule has 10 nitrogen and oxygen atoms in total. The molecule has 4 rings (SSSR count). The Morgan fingerprint density at radius 3 is 2.81 bits per heavy atom. The Bertz CT molecular complexity index is 1280. The van der Waals surface area contributed by atoms with Crippen LogP contribution in [0.25, 0.3) is 11.0 Å². The number of hydrogen-bond acceptors (Lipinski definition) is 8. The number of amides is 1. The maximum absolute atomic E-state index is 12.7. The van der Waals surface area contributed by atoms with E-state index in [4.69, 9.17) is 15.3 Å². The van der Waals surface area contributed by atoms with Gasteiger partial charge in [0.1, 0.15) is 5.58 Å². The van der Waals surface area contributed by atoms with Crippen molar-refractivity contribution in [3.05, 3.63) is 65.4 Å². The van der Waals surface area contributed by atoms with E-state index >= 15 is 0 Å². The second-order valence-electron chi connectivity index (χ2n) is 6.85. The van der Waals surface area contributed by atoms with Crippen molar-refractivity contribution >= 4 is 40.4 Å². The third-order valence-corrected chi connectivity index (χ3v) is 4.48. The van der Waals surface area contributed by atoms with Crippen LogP contribution in [0.1, 0.15) is 26.5 Å². The summed E-state index contributed by atoms with van der Waals surface area (Å²) in [5, 5.41) is 19.2. The molecule has 0 unspecified atom stereocenters. The molecule has 0 radical (unpaired) electrons. The molecule has 0 aliphatic heterocycles. The van der Waals surface area contributed by atoms with Gasteiger partial charge in [-0.2, -0.15) is 9.67 Å². The van der Waals surface area contributed by atoms with Crippen LogP contribution in [0, 0.1) is 6.92 Å². The number of hydrogen-bond donors (Lipinski definition) is 4. The van der Waals surface area contributed by atoms with Crippen molar-refractivity contribution < 1.29 is 19.1 Å². The number of carbonyl (C=O) groups excluding carboxylic acids is 2. The maximum atomic E-state index is 12.7. The summed E-state index contributed by atoms with van der Waals surface area (Å²) in [4.78, 5) is 28.8. The second-order valence-corrected chi connectivity index (χ2v) is 6.85. The van der Waals surface area contributed by atoms with Crippen LogP contribution < -0.4 is 16.4 Å². The first kappa shape index (κ1) is 20.1. The third-order valence-electron chi connectivity index (χ3n) is 4.48. The minimum Gasteiger partial charge on any atom is -0.451 e. The van der Waals surface area contributed by atoms with Crippen LogP contribution in [0.5, 0.6) is 0 Å².